The minimum atomic E-state index is -0.509. The third-order valence-corrected chi connectivity index (χ3v) is 6.12. The summed E-state index contributed by atoms with van der Waals surface area (Å²) in [4.78, 5) is 24.6. The number of ether oxygens (including phenoxy) is 1. The van der Waals surface area contributed by atoms with E-state index in [9.17, 15) is 14.7 Å². The van der Waals surface area contributed by atoms with Crippen LogP contribution in [0.4, 0.5) is 4.79 Å². The lowest BCUT2D eigenvalue weighted by Crippen LogP contribution is -2.55. The number of carbonyl (C=O) groups excluding carboxylic acids is 2. The van der Waals surface area contributed by atoms with E-state index < -0.39 is 6.10 Å². The maximum atomic E-state index is 12.3. The summed E-state index contributed by atoms with van der Waals surface area (Å²) in [6, 6.07) is 7.09. The predicted molar refractivity (Wildman–Crippen MR) is 115 cm³/mol. The van der Waals surface area contributed by atoms with Gasteiger partial charge in [0, 0.05) is 17.6 Å². The molecular formula is C22H32ClN3O4. The summed E-state index contributed by atoms with van der Waals surface area (Å²) in [7, 11) is 0. The van der Waals surface area contributed by atoms with E-state index in [1.165, 1.54) is 6.42 Å². The molecule has 7 nitrogen and oxygen atoms in total. The van der Waals surface area contributed by atoms with Crippen LogP contribution in [0.25, 0.3) is 0 Å². The lowest BCUT2D eigenvalue weighted by atomic mass is 9.95. The molecule has 0 aromatic heterocycles. The van der Waals surface area contributed by atoms with Gasteiger partial charge >= 0.3 is 6.03 Å². The smallest absolute Gasteiger partial charge is 0.315 e. The Morgan fingerprint density at radius 2 is 1.77 bits per heavy atom. The predicted octanol–water partition coefficient (Wildman–Crippen LogP) is 2.89. The number of carbonyl (C=O) groups is 2. The van der Waals surface area contributed by atoms with Gasteiger partial charge in [0.25, 0.3) is 0 Å². The lowest BCUT2D eigenvalue weighted by molar-refractivity contribution is -0.130. The Labute approximate surface area is 182 Å². The van der Waals surface area contributed by atoms with Crippen LogP contribution in [0, 0.1) is 0 Å². The van der Waals surface area contributed by atoms with Crippen molar-refractivity contribution in [2.75, 3.05) is 6.61 Å². The highest BCUT2D eigenvalue weighted by molar-refractivity contribution is 6.30. The van der Waals surface area contributed by atoms with Gasteiger partial charge in [0.1, 0.15) is 6.10 Å². The molecule has 1 aliphatic heterocycles. The molecule has 1 aromatic carbocycles. The van der Waals surface area contributed by atoms with E-state index in [-0.39, 0.29) is 43.2 Å². The molecule has 3 amide bonds. The van der Waals surface area contributed by atoms with Crippen molar-refractivity contribution >= 4 is 23.5 Å². The Morgan fingerprint density at radius 3 is 2.47 bits per heavy atom. The highest BCUT2D eigenvalue weighted by atomic mass is 35.5. The minimum absolute atomic E-state index is 0.104. The summed E-state index contributed by atoms with van der Waals surface area (Å²) in [5, 5.41) is 19.2. The molecule has 1 saturated heterocycles. The molecular weight excluding hydrogens is 406 g/mol. The number of hydrogen-bond acceptors (Lipinski definition) is 4. The first-order chi connectivity index (χ1) is 14.5. The fourth-order valence-electron chi connectivity index (χ4n) is 4.17. The Bertz CT molecular complexity index is 694. The standard InChI is InChI=1S/C22H32ClN3O4/c23-16-8-6-15(7-9-16)13-24-21(28)12-18-10-11-19(20(14-27)30-18)26-22(29)25-17-4-2-1-3-5-17/h6-9,17-20,27H,1-5,10-14H2,(H,24,28)(H2,25,26,29)/t18-,19-,20+/m1/s1. The number of urea groups is 1. The maximum absolute atomic E-state index is 12.3. The van der Waals surface area contributed by atoms with E-state index in [0.29, 0.717) is 24.4 Å². The van der Waals surface area contributed by atoms with Gasteiger partial charge in [-0.1, -0.05) is 43.0 Å². The third-order valence-electron chi connectivity index (χ3n) is 5.87. The van der Waals surface area contributed by atoms with E-state index in [2.05, 4.69) is 16.0 Å². The van der Waals surface area contributed by atoms with Crippen molar-refractivity contribution in [3.05, 3.63) is 34.9 Å². The van der Waals surface area contributed by atoms with Gasteiger partial charge in [-0.15, -0.1) is 0 Å². The molecule has 1 aliphatic carbocycles. The van der Waals surface area contributed by atoms with Gasteiger partial charge in [-0.25, -0.2) is 4.79 Å². The zero-order valence-corrected chi connectivity index (χ0v) is 18.0. The summed E-state index contributed by atoms with van der Waals surface area (Å²) in [5.74, 6) is -0.104. The molecule has 3 rings (SSSR count). The normalized spacial score (nSPS) is 24.8. The highest BCUT2D eigenvalue weighted by Gasteiger charge is 2.33. The molecule has 0 spiro atoms. The number of aliphatic hydroxyl groups excluding tert-OH is 1. The summed E-state index contributed by atoms with van der Waals surface area (Å²) in [5.41, 5.74) is 0.971. The third kappa shape index (κ3) is 7.15. The lowest BCUT2D eigenvalue weighted by Gasteiger charge is -2.36. The Balaban J connectivity index is 1.40. The molecule has 4 N–H and O–H groups in total. The Morgan fingerprint density at radius 1 is 1.03 bits per heavy atom. The van der Waals surface area contributed by atoms with Gasteiger partial charge in [0.05, 0.1) is 25.2 Å². The number of aliphatic hydroxyl groups is 1. The molecule has 0 radical (unpaired) electrons. The van der Waals surface area contributed by atoms with Crippen LogP contribution in [0.3, 0.4) is 0 Å². The number of nitrogens with one attached hydrogen (secondary N) is 3. The van der Waals surface area contributed by atoms with Crippen molar-refractivity contribution in [3.63, 3.8) is 0 Å². The molecule has 30 heavy (non-hydrogen) atoms. The van der Waals surface area contributed by atoms with Crippen LogP contribution in [0.2, 0.25) is 5.02 Å². The second-order valence-electron chi connectivity index (χ2n) is 8.22. The maximum Gasteiger partial charge on any atom is 0.315 e. The van der Waals surface area contributed by atoms with E-state index >= 15 is 0 Å². The van der Waals surface area contributed by atoms with Crippen LogP contribution in [-0.2, 0) is 16.1 Å². The van der Waals surface area contributed by atoms with E-state index in [1.54, 1.807) is 12.1 Å². The number of hydrogen-bond donors (Lipinski definition) is 4. The first kappa shape index (κ1) is 22.8. The number of benzene rings is 1. The molecule has 2 fully saturated rings. The average molecular weight is 438 g/mol. The molecule has 1 aromatic rings. The summed E-state index contributed by atoms with van der Waals surface area (Å²) in [6.45, 7) is 0.231. The van der Waals surface area contributed by atoms with Gasteiger partial charge in [-0.05, 0) is 43.4 Å². The van der Waals surface area contributed by atoms with Crippen molar-refractivity contribution in [2.24, 2.45) is 0 Å². The number of amides is 3. The van der Waals surface area contributed by atoms with Crippen molar-refractivity contribution in [1.82, 2.24) is 16.0 Å². The topological polar surface area (TPSA) is 99.7 Å². The molecule has 8 heteroatoms. The quantitative estimate of drug-likeness (QED) is 0.527. The minimum Gasteiger partial charge on any atom is -0.394 e. The van der Waals surface area contributed by atoms with E-state index in [0.717, 1.165) is 31.2 Å². The van der Waals surface area contributed by atoms with Crippen LogP contribution in [0.5, 0.6) is 0 Å². The van der Waals surface area contributed by atoms with Crippen LogP contribution in [0.15, 0.2) is 24.3 Å². The number of halogens is 1. The second-order valence-corrected chi connectivity index (χ2v) is 8.66. The zero-order valence-electron chi connectivity index (χ0n) is 17.2. The molecule has 0 unspecified atom stereocenters. The first-order valence-corrected chi connectivity index (χ1v) is 11.3. The van der Waals surface area contributed by atoms with Crippen LogP contribution in [-0.4, -0.2) is 47.9 Å². The highest BCUT2D eigenvalue weighted by Crippen LogP contribution is 2.22. The van der Waals surface area contributed by atoms with Crippen molar-refractivity contribution < 1.29 is 19.4 Å². The van der Waals surface area contributed by atoms with Gasteiger partial charge < -0.3 is 25.8 Å². The van der Waals surface area contributed by atoms with Gasteiger partial charge in [-0.2, -0.15) is 0 Å². The fourth-order valence-corrected chi connectivity index (χ4v) is 4.30. The monoisotopic (exact) mass is 437 g/mol. The van der Waals surface area contributed by atoms with Gasteiger partial charge in [0.15, 0.2) is 0 Å². The molecule has 0 bridgehead atoms. The Kier molecular flexibility index (Phi) is 8.78. The summed E-state index contributed by atoms with van der Waals surface area (Å²) >= 11 is 5.87. The molecule has 2 aliphatic rings. The number of rotatable bonds is 7. The van der Waals surface area contributed by atoms with Crippen molar-refractivity contribution in [1.29, 1.82) is 0 Å². The first-order valence-electron chi connectivity index (χ1n) is 10.9. The summed E-state index contributed by atoms with van der Waals surface area (Å²) in [6.07, 6.45) is 6.34. The Hall–Kier alpha value is -1.83. The molecule has 3 atom stereocenters. The summed E-state index contributed by atoms with van der Waals surface area (Å²) < 4.78 is 5.91. The fraction of sp³-hybridized carbons (Fsp3) is 0.636. The van der Waals surface area contributed by atoms with E-state index in [1.807, 2.05) is 12.1 Å². The molecule has 1 saturated carbocycles. The van der Waals surface area contributed by atoms with E-state index in [4.69, 9.17) is 16.3 Å². The average Bonchev–Trinajstić information content (AvgIpc) is 2.75. The largest absolute Gasteiger partial charge is 0.394 e. The molecule has 1 heterocycles. The SMILES string of the molecule is O=C(C[C@H]1CC[C@@H](NC(=O)NC2CCCCC2)[C@H](CO)O1)NCc1ccc(Cl)cc1. The molecule has 166 valence electrons. The van der Waals surface area contributed by atoms with Gasteiger partial charge in [0.2, 0.25) is 5.91 Å². The second kappa shape index (κ2) is 11.5. The van der Waals surface area contributed by atoms with Crippen LogP contribution >= 0.6 is 11.6 Å². The van der Waals surface area contributed by atoms with Crippen molar-refractivity contribution in [3.8, 4) is 0 Å². The van der Waals surface area contributed by atoms with Crippen LogP contribution in [0.1, 0.15) is 56.9 Å². The van der Waals surface area contributed by atoms with Gasteiger partial charge in [-0.3, -0.25) is 4.79 Å². The van der Waals surface area contributed by atoms with Crippen molar-refractivity contribution in [2.45, 2.75) is 82.2 Å². The van der Waals surface area contributed by atoms with Crippen LogP contribution < -0.4 is 16.0 Å². The zero-order chi connectivity index (χ0) is 21.3.